The van der Waals surface area contributed by atoms with E-state index in [1.54, 1.807) is 0 Å². The van der Waals surface area contributed by atoms with E-state index in [-0.39, 0.29) is 11.8 Å². The molecule has 23 heavy (non-hydrogen) atoms. The average molecular weight is 308 g/mol. The van der Waals surface area contributed by atoms with Crippen molar-refractivity contribution in [2.24, 2.45) is 11.8 Å². The minimum atomic E-state index is -0.726. The molecule has 120 valence electrons. The fraction of sp³-hybridized carbons (Fsp3) is 0.429. The van der Waals surface area contributed by atoms with Gasteiger partial charge in [-0.15, -0.1) is 0 Å². The highest BCUT2D eigenvalue weighted by atomic mass is 16.3. The second kappa shape index (κ2) is 5.47. The van der Waals surface area contributed by atoms with Crippen molar-refractivity contribution in [1.29, 1.82) is 0 Å². The highest BCUT2D eigenvalue weighted by molar-refractivity contribution is 5.28. The third kappa shape index (κ3) is 2.32. The van der Waals surface area contributed by atoms with Crippen LogP contribution in [0.1, 0.15) is 43.2 Å². The van der Waals surface area contributed by atoms with Gasteiger partial charge in [-0.1, -0.05) is 60.7 Å². The molecule has 2 aromatic carbocycles. The summed E-state index contributed by atoms with van der Waals surface area (Å²) in [5, 5.41) is 22.6. The summed E-state index contributed by atoms with van der Waals surface area (Å²) in [6.07, 6.45) is 4.11. The summed E-state index contributed by atoms with van der Waals surface area (Å²) in [5.41, 5.74) is 0.619. The molecule has 0 saturated heterocycles. The predicted molar refractivity (Wildman–Crippen MR) is 90.7 cm³/mol. The lowest BCUT2D eigenvalue weighted by molar-refractivity contribution is -0.155. The average Bonchev–Trinajstić information content (AvgIpc) is 2.62. The molecule has 2 nitrogen and oxygen atoms in total. The van der Waals surface area contributed by atoms with Gasteiger partial charge in [-0.25, -0.2) is 0 Å². The van der Waals surface area contributed by atoms with Crippen LogP contribution >= 0.6 is 0 Å². The Kier molecular flexibility index (Phi) is 3.55. The maximum absolute atomic E-state index is 11.3. The van der Waals surface area contributed by atoms with E-state index in [9.17, 15) is 10.2 Å². The molecule has 4 unspecified atom stereocenters. The Balaban J connectivity index is 1.62. The lowest BCUT2D eigenvalue weighted by Crippen LogP contribution is -2.50. The van der Waals surface area contributed by atoms with Crippen molar-refractivity contribution in [2.75, 3.05) is 0 Å². The Morgan fingerprint density at radius 2 is 1.04 bits per heavy atom. The van der Waals surface area contributed by atoms with E-state index in [1.165, 1.54) is 0 Å². The smallest absolute Gasteiger partial charge is 0.0924 e. The molecule has 0 spiro atoms. The highest BCUT2D eigenvalue weighted by Gasteiger charge is 2.53. The molecule has 2 N–H and O–H groups in total. The van der Waals surface area contributed by atoms with Crippen molar-refractivity contribution in [3.8, 4) is 0 Å². The second-order valence-electron chi connectivity index (χ2n) is 7.29. The third-order valence-corrected chi connectivity index (χ3v) is 6.22. The van der Waals surface area contributed by atoms with Gasteiger partial charge in [0.15, 0.2) is 0 Å². The normalized spacial score (nSPS) is 36.6. The molecule has 2 aliphatic rings. The van der Waals surface area contributed by atoms with Crippen molar-refractivity contribution < 1.29 is 10.2 Å². The van der Waals surface area contributed by atoms with Gasteiger partial charge >= 0.3 is 0 Å². The Bertz CT molecular complexity index is 609. The molecule has 2 bridgehead atoms. The summed E-state index contributed by atoms with van der Waals surface area (Å²) in [6.45, 7) is 0. The summed E-state index contributed by atoms with van der Waals surface area (Å²) >= 11 is 0. The topological polar surface area (TPSA) is 40.5 Å². The lowest BCUT2D eigenvalue weighted by Gasteiger charge is -2.53. The number of aliphatic hydroxyl groups is 2. The molecule has 0 heterocycles. The number of benzene rings is 2. The van der Waals surface area contributed by atoms with Crippen LogP contribution in [0.15, 0.2) is 60.7 Å². The zero-order chi connectivity index (χ0) is 15.9. The maximum Gasteiger partial charge on any atom is 0.0924 e. The number of hydrogen-bond donors (Lipinski definition) is 2. The molecule has 2 aromatic rings. The Hall–Kier alpha value is -1.64. The largest absolute Gasteiger partial charge is 0.385 e. The minimum absolute atomic E-state index is 0.243. The SMILES string of the molecule is OC1(c2ccccc2)CCC2CC1CCC2(O)c1ccccc1. The van der Waals surface area contributed by atoms with Crippen LogP contribution in [-0.2, 0) is 11.2 Å². The van der Waals surface area contributed by atoms with Gasteiger partial charge in [-0.2, -0.15) is 0 Å². The van der Waals surface area contributed by atoms with Crippen LogP contribution in [-0.4, -0.2) is 10.2 Å². The van der Waals surface area contributed by atoms with E-state index in [0.717, 1.165) is 43.2 Å². The molecule has 0 radical (unpaired) electrons. The van der Waals surface area contributed by atoms with E-state index in [4.69, 9.17) is 0 Å². The van der Waals surface area contributed by atoms with Crippen molar-refractivity contribution in [3.63, 3.8) is 0 Å². The summed E-state index contributed by atoms with van der Waals surface area (Å²) in [5.74, 6) is 0.486. The molecule has 0 amide bonds. The van der Waals surface area contributed by atoms with E-state index >= 15 is 0 Å². The number of hydrogen-bond acceptors (Lipinski definition) is 2. The number of rotatable bonds is 2. The lowest BCUT2D eigenvalue weighted by atomic mass is 9.56. The monoisotopic (exact) mass is 308 g/mol. The summed E-state index contributed by atoms with van der Waals surface area (Å²) < 4.78 is 0. The molecule has 2 aliphatic carbocycles. The van der Waals surface area contributed by atoms with Crippen LogP contribution in [0.3, 0.4) is 0 Å². The van der Waals surface area contributed by atoms with Gasteiger partial charge in [0.1, 0.15) is 0 Å². The van der Waals surface area contributed by atoms with Crippen LogP contribution in [0.25, 0.3) is 0 Å². The Morgan fingerprint density at radius 1 is 0.652 bits per heavy atom. The van der Waals surface area contributed by atoms with Gasteiger partial charge in [0.25, 0.3) is 0 Å². The van der Waals surface area contributed by atoms with Crippen molar-refractivity contribution in [3.05, 3.63) is 71.8 Å². The molecule has 4 rings (SSSR count). The van der Waals surface area contributed by atoms with Crippen LogP contribution in [0, 0.1) is 11.8 Å². The fourth-order valence-electron chi connectivity index (χ4n) is 4.86. The first-order valence-corrected chi connectivity index (χ1v) is 8.69. The van der Waals surface area contributed by atoms with E-state index in [2.05, 4.69) is 0 Å². The molecular weight excluding hydrogens is 284 g/mol. The molecular formula is C21H24O2. The van der Waals surface area contributed by atoms with E-state index in [1.807, 2.05) is 60.7 Å². The third-order valence-electron chi connectivity index (χ3n) is 6.22. The van der Waals surface area contributed by atoms with Crippen LogP contribution in [0.2, 0.25) is 0 Å². The Labute approximate surface area is 137 Å². The first kappa shape index (κ1) is 14.9. The molecule has 0 aromatic heterocycles. The van der Waals surface area contributed by atoms with E-state index in [0.29, 0.717) is 0 Å². The standard InChI is InChI=1S/C21H24O2/c22-20(16-7-3-1-4-8-16)13-11-19-15-18(20)12-14-21(19,23)17-9-5-2-6-10-17/h1-10,18-19,22-23H,11-15H2. The van der Waals surface area contributed by atoms with Crippen LogP contribution in [0.5, 0.6) is 0 Å². The molecule has 2 fully saturated rings. The zero-order valence-electron chi connectivity index (χ0n) is 13.4. The summed E-state index contributed by atoms with van der Waals surface area (Å²) in [6, 6.07) is 20.2. The first-order chi connectivity index (χ1) is 11.1. The number of fused-ring (bicyclic) bond motifs is 2. The summed E-state index contributed by atoms with van der Waals surface area (Å²) in [4.78, 5) is 0. The quantitative estimate of drug-likeness (QED) is 0.881. The van der Waals surface area contributed by atoms with Crippen LogP contribution in [0.4, 0.5) is 0 Å². The van der Waals surface area contributed by atoms with Crippen molar-refractivity contribution in [2.45, 2.75) is 43.3 Å². The molecule has 2 heteroatoms. The minimum Gasteiger partial charge on any atom is -0.385 e. The second-order valence-corrected chi connectivity index (χ2v) is 7.29. The Morgan fingerprint density at radius 3 is 1.43 bits per heavy atom. The zero-order valence-corrected chi connectivity index (χ0v) is 13.4. The van der Waals surface area contributed by atoms with Gasteiger partial charge in [0.05, 0.1) is 11.2 Å². The van der Waals surface area contributed by atoms with Gasteiger partial charge in [-0.3, -0.25) is 0 Å². The molecule has 4 atom stereocenters. The van der Waals surface area contributed by atoms with Crippen molar-refractivity contribution in [1.82, 2.24) is 0 Å². The predicted octanol–water partition coefficient (Wildman–Crippen LogP) is 3.97. The molecule has 2 saturated carbocycles. The summed E-state index contributed by atoms with van der Waals surface area (Å²) in [7, 11) is 0. The van der Waals surface area contributed by atoms with Crippen molar-refractivity contribution >= 4 is 0 Å². The van der Waals surface area contributed by atoms with Gasteiger partial charge < -0.3 is 10.2 Å². The highest BCUT2D eigenvalue weighted by Crippen LogP contribution is 2.56. The van der Waals surface area contributed by atoms with Crippen LogP contribution < -0.4 is 0 Å². The first-order valence-electron chi connectivity index (χ1n) is 8.69. The fourth-order valence-corrected chi connectivity index (χ4v) is 4.86. The van der Waals surface area contributed by atoms with E-state index < -0.39 is 11.2 Å². The van der Waals surface area contributed by atoms with Gasteiger partial charge in [0, 0.05) is 0 Å². The van der Waals surface area contributed by atoms with Gasteiger partial charge in [0.2, 0.25) is 0 Å². The molecule has 0 aliphatic heterocycles. The maximum atomic E-state index is 11.3. The van der Waals surface area contributed by atoms with Gasteiger partial charge in [-0.05, 0) is 55.1 Å².